The summed E-state index contributed by atoms with van der Waals surface area (Å²) in [5.74, 6) is 1.16. The van der Waals surface area contributed by atoms with Crippen molar-refractivity contribution >= 4 is 42.1 Å². The van der Waals surface area contributed by atoms with Gasteiger partial charge < -0.3 is 16.4 Å². The SMILES string of the molecule is CCCCC(C)(CCC(=O)[C@@H]1CCN1)Nc1nc(N)nc2cccnc12.S. The highest BCUT2D eigenvalue weighted by molar-refractivity contribution is 7.59. The Morgan fingerprint density at radius 1 is 1.41 bits per heavy atom. The maximum atomic E-state index is 12.3. The third-order valence-corrected chi connectivity index (χ3v) is 5.11. The molecule has 7 nitrogen and oxygen atoms in total. The van der Waals surface area contributed by atoms with E-state index in [1.165, 1.54) is 0 Å². The summed E-state index contributed by atoms with van der Waals surface area (Å²) < 4.78 is 0. The molecular formula is C19H30N6OS. The van der Waals surface area contributed by atoms with E-state index in [-0.39, 0.29) is 31.0 Å². The number of ketones is 1. The van der Waals surface area contributed by atoms with Crippen LogP contribution in [0.1, 0.15) is 52.4 Å². The number of carbonyl (C=O) groups is 1. The molecule has 2 aromatic heterocycles. The number of hydrogen-bond donors (Lipinski definition) is 3. The Bertz CT molecular complexity index is 782. The minimum Gasteiger partial charge on any atom is -0.368 e. The molecule has 8 heteroatoms. The van der Waals surface area contributed by atoms with Gasteiger partial charge in [0, 0.05) is 18.2 Å². The minimum atomic E-state index is -0.249. The summed E-state index contributed by atoms with van der Waals surface area (Å²) in [7, 11) is 0. The molecule has 4 N–H and O–H groups in total. The summed E-state index contributed by atoms with van der Waals surface area (Å²) >= 11 is 0. The molecule has 27 heavy (non-hydrogen) atoms. The Labute approximate surface area is 167 Å². The van der Waals surface area contributed by atoms with Gasteiger partial charge in [0.2, 0.25) is 5.95 Å². The molecule has 2 aromatic rings. The predicted molar refractivity (Wildman–Crippen MR) is 114 cm³/mol. The van der Waals surface area contributed by atoms with Gasteiger partial charge in [0.25, 0.3) is 0 Å². The topological polar surface area (TPSA) is 106 Å². The largest absolute Gasteiger partial charge is 0.368 e. The molecule has 148 valence electrons. The van der Waals surface area contributed by atoms with E-state index in [2.05, 4.69) is 39.4 Å². The first-order valence-corrected chi connectivity index (χ1v) is 9.43. The number of fused-ring (bicyclic) bond motifs is 1. The second-order valence-corrected chi connectivity index (χ2v) is 7.35. The highest BCUT2D eigenvalue weighted by Crippen LogP contribution is 2.29. The lowest BCUT2D eigenvalue weighted by Gasteiger charge is -2.33. The highest BCUT2D eigenvalue weighted by atomic mass is 32.1. The zero-order valence-electron chi connectivity index (χ0n) is 16.1. The van der Waals surface area contributed by atoms with E-state index < -0.39 is 0 Å². The Balaban J connectivity index is 0.00000261. The van der Waals surface area contributed by atoms with Gasteiger partial charge in [-0.1, -0.05) is 19.8 Å². The molecule has 3 heterocycles. The van der Waals surface area contributed by atoms with Crippen LogP contribution in [0.15, 0.2) is 18.3 Å². The molecule has 0 aliphatic carbocycles. The molecule has 1 aliphatic heterocycles. The lowest BCUT2D eigenvalue weighted by atomic mass is 9.86. The first-order chi connectivity index (χ1) is 12.5. The Kier molecular flexibility index (Phi) is 7.38. The van der Waals surface area contributed by atoms with Gasteiger partial charge in [0.1, 0.15) is 11.3 Å². The highest BCUT2D eigenvalue weighted by Gasteiger charge is 2.30. The number of rotatable bonds is 9. The number of nitrogens with one attached hydrogen (secondary N) is 2. The molecule has 2 atom stereocenters. The molecule has 0 radical (unpaired) electrons. The Hall–Kier alpha value is -1.93. The van der Waals surface area contributed by atoms with E-state index in [0.717, 1.165) is 44.2 Å². The van der Waals surface area contributed by atoms with Gasteiger partial charge in [-0.2, -0.15) is 18.5 Å². The van der Waals surface area contributed by atoms with E-state index in [1.54, 1.807) is 6.20 Å². The molecule has 0 aromatic carbocycles. The van der Waals surface area contributed by atoms with E-state index in [0.29, 0.717) is 23.5 Å². The van der Waals surface area contributed by atoms with Crippen LogP contribution in [0.4, 0.5) is 11.8 Å². The summed E-state index contributed by atoms with van der Waals surface area (Å²) in [5.41, 5.74) is 7.05. The molecule has 0 spiro atoms. The third kappa shape index (κ3) is 5.29. The standard InChI is InChI=1S/C19H28N6O.H2S/c1-3-4-9-19(2,10-7-15(26)13-8-12-21-13)25-17-16-14(6-5-11-22-16)23-18(20)24-17;/h5-6,11,13,21H,3-4,7-10,12H2,1-2H3,(H3,20,23,24,25);1H2/t13-,19?;/m0./s1. The molecule has 1 unspecified atom stereocenters. The number of Topliss-reactive ketones (excluding diaryl/α,β-unsaturated/α-hetero) is 1. The number of hydrogen-bond acceptors (Lipinski definition) is 7. The van der Waals surface area contributed by atoms with Crippen LogP contribution >= 0.6 is 13.5 Å². The molecule has 3 rings (SSSR count). The van der Waals surface area contributed by atoms with Crippen LogP contribution in [-0.2, 0) is 4.79 Å². The fraction of sp³-hybridized carbons (Fsp3) is 0.579. The third-order valence-electron chi connectivity index (χ3n) is 5.11. The van der Waals surface area contributed by atoms with Gasteiger partial charge in [-0.3, -0.25) is 9.78 Å². The zero-order valence-corrected chi connectivity index (χ0v) is 17.1. The minimum absolute atomic E-state index is 0. The normalized spacial score (nSPS) is 18.2. The quantitative estimate of drug-likeness (QED) is 0.604. The monoisotopic (exact) mass is 390 g/mol. The van der Waals surface area contributed by atoms with Crippen molar-refractivity contribution in [3.8, 4) is 0 Å². The van der Waals surface area contributed by atoms with Gasteiger partial charge in [-0.15, -0.1) is 0 Å². The summed E-state index contributed by atoms with van der Waals surface area (Å²) in [6, 6.07) is 3.75. The van der Waals surface area contributed by atoms with Crippen molar-refractivity contribution < 1.29 is 4.79 Å². The number of aromatic nitrogens is 3. The predicted octanol–water partition coefficient (Wildman–Crippen LogP) is 2.79. The molecule has 1 aliphatic rings. The fourth-order valence-corrected chi connectivity index (χ4v) is 3.31. The van der Waals surface area contributed by atoms with E-state index in [4.69, 9.17) is 5.73 Å². The molecule has 1 saturated heterocycles. The Morgan fingerprint density at radius 3 is 2.85 bits per heavy atom. The number of carbonyl (C=O) groups excluding carboxylic acids is 1. The lowest BCUT2D eigenvalue weighted by molar-refractivity contribution is -0.122. The van der Waals surface area contributed by atoms with Crippen LogP contribution in [-0.4, -0.2) is 38.9 Å². The summed E-state index contributed by atoms with van der Waals surface area (Å²) in [4.78, 5) is 25.4. The van der Waals surface area contributed by atoms with Crippen LogP contribution in [0.25, 0.3) is 11.0 Å². The molecule has 1 fully saturated rings. The molecule has 0 saturated carbocycles. The van der Waals surface area contributed by atoms with Gasteiger partial charge in [-0.25, -0.2) is 4.98 Å². The number of unbranched alkanes of at least 4 members (excludes halogenated alkanes) is 1. The van der Waals surface area contributed by atoms with Gasteiger partial charge in [0.15, 0.2) is 5.82 Å². The fourth-order valence-electron chi connectivity index (χ4n) is 3.31. The number of nitrogens with two attached hydrogens (primary N) is 1. The Morgan fingerprint density at radius 2 is 2.19 bits per heavy atom. The van der Waals surface area contributed by atoms with Crippen molar-refractivity contribution in [2.24, 2.45) is 0 Å². The second kappa shape index (κ2) is 9.32. The lowest BCUT2D eigenvalue weighted by Crippen LogP contribution is -2.49. The average Bonchev–Trinajstić information content (AvgIpc) is 2.57. The van der Waals surface area contributed by atoms with Gasteiger partial charge in [-0.05, 0) is 44.9 Å². The van der Waals surface area contributed by atoms with Crippen molar-refractivity contribution in [3.63, 3.8) is 0 Å². The van der Waals surface area contributed by atoms with Crippen LogP contribution in [0.2, 0.25) is 0 Å². The van der Waals surface area contributed by atoms with Crippen molar-refractivity contribution in [3.05, 3.63) is 18.3 Å². The number of nitrogen functional groups attached to an aromatic ring is 1. The van der Waals surface area contributed by atoms with Crippen molar-refractivity contribution in [1.29, 1.82) is 0 Å². The molecule has 0 bridgehead atoms. The summed E-state index contributed by atoms with van der Waals surface area (Å²) in [6.07, 6.45) is 7.11. The number of nitrogens with zero attached hydrogens (tertiary/aromatic N) is 3. The maximum Gasteiger partial charge on any atom is 0.222 e. The number of pyridine rings is 1. The smallest absolute Gasteiger partial charge is 0.222 e. The van der Waals surface area contributed by atoms with Crippen molar-refractivity contribution in [1.82, 2.24) is 20.3 Å². The summed E-state index contributed by atoms with van der Waals surface area (Å²) in [6.45, 7) is 5.26. The molecule has 0 amide bonds. The van der Waals surface area contributed by atoms with Crippen LogP contribution in [0.3, 0.4) is 0 Å². The summed E-state index contributed by atoms with van der Waals surface area (Å²) in [5, 5.41) is 6.73. The van der Waals surface area contributed by atoms with Crippen LogP contribution < -0.4 is 16.4 Å². The van der Waals surface area contributed by atoms with E-state index in [1.807, 2.05) is 12.1 Å². The van der Waals surface area contributed by atoms with E-state index >= 15 is 0 Å². The second-order valence-electron chi connectivity index (χ2n) is 7.35. The average molecular weight is 391 g/mol. The first-order valence-electron chi connectivity index (χ1n) is 9.43. The zero-order chi connectivity index (χ0) is 18.6. The van der Waals surface area contributed by atoms with Crippen molar-refractivity contribution in [2.75, 3.05) is 17.6 Å². The maximum absolute atomic E-state index is 12.3. The van der Waals surface area contributed by atoms with Crippen molar-refractivity contribution in [2.45, 2.75) is 64.0 Å². The number of anilines is 2. The van der Waals surface area contributed by atoms with E-state index in [9.17, 15) is 4.79 Å². The first kappa shape index (κ1) is 21.4. The van der Waals surface area contributed by atoms with Gasteiger partial charge >= 0.3 is 0 Å². The van der Waals surface area contributed by atoms with Gasteiger partial charge in [0.05, 0.1) is 11.6 Å². The van der Waals surface area contributed by atoms with Crippen LogP contribution in [0.5, 0.6) is 0 Å². The van der Waals surface area contributed by atoms with Crippen LogP contribution in [0, 0.1) is 0 Å². The molecular weight excluding hydrogens is 360 g/mol.